The molecule has 1 saturated carbocycles. The van der Waals surface area contributed by atoms with Crippen LogP contribution in [-0.4, -0.2) is 22.8 Å². The van der Waals surface area contributed by atoms with Gasteiger partial charge in [0.25, 0.3) is 0 Å². The van der Waals surface area contributed by atoms with E-state index in [9.17, 15) is 4.79 Å². The molecule has 0 aliphatic heterocycles. The fourth-order valence-electron chi connectivity index (χ4n) is 1.34. The summed E-state index contributed by atoms with van der Waals surface area (Å²) < 4.78 is 0. The molecule has 66 valence electrons. The van der Waals surface area contributed by atoms with Gasteiger partial charge < -0.3 is 16.2 Å². The van der Waals surface area contributed by atoms with Gasteiger partial charge in [-0.3, -0.25) is 0 Å². The van der Waals surface area contributed by atoms with Gasteiger partial charge >= 0.3 is 6.09 Å². The summed E-state index contributed by atoms with van der Waals surface area (Å²) in [5, 5.41) is 10.6. The van der Waals surface area contributed by atoms with E-state index in [2.05, 4.69) is 5.32 Å². The van der Waals surface area contributed by atoms with E-state index < -0.39 is 6.09 Å². The molecule has 0 unspecified atom stereocenters. The minimum atomic E-state index is -0.958. The summed E-state index contributed by atoms with van der Waals surface area (Å²) in [4.78, 5) is 10.1. The SMILES string of the molecule is CC1(N)CC(NC(=O)O)C1.Cl. The number of amides is 1. The van der Waals surface area contributed by atoms with Crippen LogP contribution in [-0.2, 0) is 0 Å². The van der Waals surface area contributed by atoms with Crippen molar-refractivity contribution >= 4 is 18.5 Å². The number of rotatable bonds is 1. The van der Waals surface area contributed by atoms with Crippen LogP contribution in [0.3, 0.4) is 0 Å². The summed E-state index contributed by atoms with van der Waals surface area (Å²) in [6.07, 6.45) is 0.541. The maximum Gasteiger partial charge on any atom is 0.404 e. The molecule has 0 heterocycles. The zero-order valence-electron chi connectivity index (χ0n) is 6.33. The fourth-order valence-corrected chi connectivity index (χ4v) is 1.34. The number of hydrogen-bond acceptors (Lipinski definition) is 2. The predicted octanol–water partition coefficient (Wildman–Crippen LogP) is 0.556. The lowest BCUT2D eigenvalue weighted by Crippen LogP contribution is -2.58. The number of nitrogens with two attached hydrogens (primary N) is 1. The summed E-state index contributed by atoms with van der Waals surface area (Å²) >= 11 is 0. The molecule has 0 spiro atoms. The second-order valence-electron chi connectivity index (χ2n) is 3.21. The van der Waals surface area contributed by atoms with Crippen LogP contribution in [0.15, 0.2) is 0 Å². The van der Waals surface area contributed by atoms with E-state index in [0.29, 0.717) is 0 Å². The monoisotopic (exact) mass is 180 g/mol. The van der Waals surface area contributed by atoms with Crippen molar-refractivity contribution in [1.29, 1.82) is 0 Å². The third-order valence-corrected chi connectivity index (χ3v) is 1.75. The lowest BCUT2D eigenvalue weighted by atomic mass is 9.75. The Morgan fingerprint density at radius 3 is 2.45 bits per heavy atom. The molecule has 4 nitrogen and oxygen atoms in total. The molecule has 1 aliphatic carbocycles. The molecule has 5 heteroatoms. The molecule has 0 atom stereocenters. The molecule has 0 aromatic rings. The van der Waals surface area contributed by atoms with Gasteiger partial charge in [0.2, 0.25) is 0 Å². The fraction of sp³-hybridized carbons (Fsp3) is 0.833. The number of carbonyl (C=O) groups is 1. The average molecular weight is 181 g/mol. The highest BCUT2D eigenvalue weighted by Crippen LogP contribution is 2.28. The maximum atomic E-state index is 10.1. The van der Waals surface area contributed by atoms with Gasteiger partial charge in [0.1, 0.15) is 0 Å². The van der Waals surface area contributed by atoms with Gasteiger partial charge in [0.15, 0.2) is 0 Å². The molecule has 0 bridgehead atoms. The van der Waals surface area contributed by atoms with E-state index in [-0.39, 0.29) is 24.0 Å². The summed E-state index contributed by atoms with van der Waals surface area (Å²) in [7, 11) is 0. The smallest absolute Gasteiger partial charge is 0.404 e. The predicted molar refractivity (Wildman–Crippen MR) is 44.0 cm³/mol. The Bertz CT molecular complexity index is 153. The normalized spacial score (nSPS) is 34.9. The quantitative estimate of drug-likeness (QED) is 0.552. The molecule has 4 N–H and O–H groups in total. The zero-order chi connectivity index (χ0) is 7.78. The molecule has 0 radical (unpaired) electrons. The molecule has 1 fully saturated rings. The van der Waals surface area contributed by atoms with Gasteiger partial charge in [0.05, 0.1) is 0 Å². The summed E-state index contributed by atoms with van der Waals surface area (Å²) in [6, 6.07) is 0.0764. The first-order valence-corrected chi connectivity index (χ1v) is 3.28. The molecule has 1 amide bonds. The van der Waals surface area contributed by atoms with Crippen molar-refractivity contribution in [1.82, 2.24) is 5.32 Å². The summed E-state index contributed by atoms with van der Waals surface area (Å²) in [5.41, 5.74) is 5.51. The Hall–Kier alpha value is -0.480. The largest absolute Gasteiger partial charge is 0.465 e. The van der Waals surface area contributed by atoms with Crippen LogP contribution in [0, 0.1) is 0 Å². The second kappa shape index (κ2) is 3.28. The molecule has 1 rings (SSSR count). The van der Waals surface area contributed by atoms with Crippen LogP contribution in [0.1, 0.15) is 19.8 Å². The Balaban J connectivity index is 0.000001000. The Morgan fingerprint density at radius 1 is 1.73 bits per heavy atom. The lowest BCUT2D eigenvalue weighted by molar-refractivity contribution is 0.158. The molecule has 0 aromatic heterocycles. The van der Waals surface area contributed by atoms with Crippen LogP contribution < -0.4 is 11.1 Å². The Labute approximate surface area is 71.6 Å². The van der Waals surface area contributed by atoms with Gasteiger partial charge in [-0.25, -0.2) is 4.79 Å². The van der Waals surface area contributed by atoms with Crippen molar-refractivity contribution in [3.63, 3.8) is 0 Å². The third-order valence-electron chi connectivity index (χ3n) is 1.75. The summed E-state index contributed by atoms with van der Waals surface area (Å²) in [6.45, 7) is 1.92. The second-order valence-corrected chi connectivity index (χ2v) is 3.21. The van der Waals surface area contributed by atoms with Crippen LogP contribution in [0.5, 0.6) is 0 Å². The Kier molecular flexibility index (Phi) is 3.13. The number of halogens is 1. The highest BCUT2D eigenvalue weighted by molar-refractivity contribution is 5.85. The van der Waals surface area contributed by atoms with E-state index in [1.165, 1.54) is 0 Å². The van der Waals surface area contributed by atoms with E-state index >= 15 is 0 Å². The first-order chi connectivity index (χ1) is 4.49. The molecular formula is C6H13ClN2O2. The van der Waals surface area contributed by atoms with Gasteiger partial charge in [0, 0.05) is 11.6 Å². The topological polar surface area (TPSA) is 75.3 Å². The van der Waals surface area contributed by atoms with E-state index in [4.69, 9.17) is 10.8 Å². The first kappa shape index (κ1) is 10.5. The lowest BCUT2D eigenvalue weighted by Gasteiger charge is -2.41. The first-order valence-electron chi connectivity index (χ1n) is 3.28. The van der Waals surface area contributed by atoms with Crippen LogP contribution >= 0.6 is 12.4 Å². The van der Waals surface area contributed by atoms with Crippen molar-refractivity contribution in [2.24, 2.45) is 5.73 Å². The highest BCUT2D eigenvalue weighted by Gasteiger charge is 2.37. The van der Waals surface area contributed by atoms with Gasteiger partial charge in [-0.2, -0.15) is 0 Å². The van der Waals surface area contributed by atoms with Crippen molar-refractivity contribution in [2.75, 3.05) is 0 Å². The van der Waals surface area contributed by atoms with E-state index in [0.717, 1.165) is 12.8 Å². The van der Waals surface area contributed by atoms with Gasteiger partial charge in [-0.15, -0.1) is 12.4 Å². The Morgan fingerprint density at radius 2 is 2.18 bits per heavy atom. The standard InChI is InChI=1S/C6H12N2O2.ClH/c1-6(7)2-4(3-6)8-5(9)10;/h4,8H,2-3,7H2,1H3,(H,9,10);1H. The zero-order valence-corrected chi connectivity index (χ0v) is 7.15. The third kappa shape index (κ3) is 2.95. The summed E-state index contributed by atoms with van der Waals surface area (Å²) in [5.74, 6) is 0. The van der Waals surface area contributed by atoms with Gasteiger partial charge in [-0.1, -0.05) is 0 Å². The van der Waals surface area contributed by atoms with E-state index in [1.807, 2.05) is 6.92 Å². The van der Waals surface area contributed by atoms with Crippen molar-refractivity contribution in [3.05, 3.63) is 0 Å². The minimum absolute atomic E-state index is 0. The average Bonchev–Trinajstić information content (AvgIpc) is 1.57. The number of hydrogen-bond donors (Lipinski definition) is 3. The van der Waals surface area contributed by atoms with Gasteiger partial charge in [-0.05, 0) is 19.8 Å². The van der Waals surface area contributed by atoms with Crippen LogP contribution in [0.25, 0.3) is 0 Å². The van der Waals surface area contributed by atoms with Crippen molar-refractivity contribution < 1.29 is 9.90 Å². The molecule has 0 saturated heterocycles. The highest BCUT2D eigenvalue weighted by atomic mass is 35.5. The van der Waals surface area contributed by atoms with Crippen molar-refractivity contribution in [2.45, 2.75) is 31.3 Å². The van der Waals surface area contributed by atoms with Crippen LogP contribution in [0.4, 0.5) is 4.79 Å². The molecule has 1 aliphatic rings. The van der Waals surface area contributed by atoms with Crippen LogP contribution in [0.2, 0.25) is 0 Å². The van der Waals surface area contributed by atoms with Crippen molar-refractivity contribution in [3.8, 4) is 0 Å². The molecule has 0 aromatic carbocycles. The minimum Gasteiger partial charge on any atom is -0.465 e. The number of carboxylic acid groups (broad SMARTS) is 1. The maximum absolute atomic E-state index is 10.1. The molecule has 11 heavy (non-hydrogen) atoms. The molecular weight excluding hydrogens is 168 g/mol. The van der Waals surface area contributed by atoms with E-state index in [1.54, 1.807) is 0 Å². The number of nitrogens with one attached hydrogen (secondary N) is 1.